The van der Waals surface area contributed by atoms with Crippen molar-refractivity contribution in [3.63, 3.8) is 0 Å². The van der Waals surface area contributed by atoms with Crippen molar-refractivity contribution in [2.45, 2.75) is 32.6 Å². The Labute approximate surface area is 167 Å². The molecule has 2 aliphatic rings. The van der Waals surface area contributed by atoms with E-state index in [1.807, 2.05) is 19.1 Å². The minimum absolute atomic E-state index is 0. The van der Waals surface area contributed by atoms with Crippen LogP contribution in [-0.4, -0.2) is 50.0 Å². The van der Waals surface area contributed by atoms with Gasteiger partial charge in [0.1, 0.15) is 5.75 Å². The fourth-order valence-electron chi connectivity index (χ4n) is 4.42. The summed E-state index contributed by atoms with van der Waals surface area (Å²) in [6.07, 6.45) is 4.31. The number of carbonyl (C=O) groups excluding carboxylic acids is 2. The van der Waals surface area contributed by atoms with Crippen molar-refractivity contribution in [3.05, 3.63) is 24.3 Å². The van der Waals surface area contributed by atoms with E-state index in [0.29, 0.717) is 23.9 Å². The number of likely N-dealkylation sites (N-methyl/N-ethyl adjacent to an activating group) is 1. The van der Waals surface area contributed by atoms with E-state index in [4.69, 9.17) is 4.74 Å². The normalized spacial score (nSPS) is 23.7. The van der Waals surface area contributed by atoms with E-state index >= 15 is 0 Å². The van der Waals surface area contributed by atoms with Crippen molar-refractivity contribution in [1.82, 2.24) is 10.2 Å². The van der Waals surface area contributed by atoms with Crippen molar-refractivity contribution >= 4 is 29.9 Å². The number of ether oxygens (including phenoxy) is 1. The molecule has 1 aromatic rings. The average Bonchev–Trinajstić information content (AvgIpc) is 3.11. The number of methoxy groups -OCH3 is 1. The number of carbonyl (C=O) groups is 2. The van der Waals surface area contributed by atoms with E-state index in [9.17, 15) is 9.59 Å². The van der Waals surface area contributed by atoms with Crippen molar-refractivity contribution in [2.75, 3.05) is 38.6 Å². The summed E-state index contributed by atoms with van der Waals surface area (Å²) in [5.74, 6) is 0.945. The van der Waals surface area contributed by atoms with E-state index in [-0.39, 0.29) is 36.2 Å². The molecule has 7 heteroatoms. The van der Waals surface area contributed by atoms with Crippen molar-refractivity contribution in [2.24, 2.45) is 11.3 Å². The van der Waals surface area contributed by atoms with Gasteiger partial charge in [0.15, 0.2) is 0 Å². The van der Waals surface area contributed by atoms with Gasteiger partial charge in [-0.2, -0.15) is 0 Å². The molecule has 0 aromatic heterocycles. The summed E-state index contributed by atoms with van der Waals surface area (Å²) in [5.41, 5.74) is 0.304. The molecule has 1 saturated heterocycles. The Morgan fingerprint density at radius 1 is 1.33 bits per heavy atom. The minimum Gasteiger partial charge on any atom is -0.495 e. The number of amides is 2. The lowest BCUT2D eigenvalue weighted by Gasteiger charge is -2.40. The lowest BCUT2D eigenvalue weighted by molar-refractivity contribution is -0.147. The molecule has 2 fully saturated rings. The second-order valence-electron chi connectivity index (χ2n) is 7.30. The Kier molecular flexibility index (Phi) is 7.50. The summed E-state index contributed by atoms with van der Waals surface area (Å²) in [6, 6.07) is 7.29. The summed E-state index contributed by atoms with van der Waals surface area (Å²) in [6.45, 7) is 4.19. The molecule has 2 amide bonds. The second-order valence-corrected chi connectivity index (χ2v) is 7.30. The number of rotatable bonds is 6. The maximum absolute atomic E-state index is 13.3. The van der Waals surface area contributed by atoms with Gasteiger partial charge < -0.3 is 20.3 Å². The Morgan fingerprint density at radius 2 is 2.11 bits per heavy atom. The van der Waals surface area contributed by atoms with Gasteiger partial charge in [-0.25, -0.2) is 0 Å². The molecule has 6 nitrogen and oxygen atoms in total. The van der Waals surface area contributed by atoms with E-state index in [1.165, 1.54) is 6.42 Å². The Bertz CT molecular complexity index is 670. The van der Waals surface area contributed by atoms with Crippen LogP contribution in [0.2, 0.25) is 0 Å². The number of halogens is 1. The van der Waals surface area contributed by atoms with E-state index in [2.05, 4.69) is 10.6 Å². The second kappa shape index (κ2) is 9.42. The van der Waals surface area contributed by atoms with Crippen molar-refractivity contribution in [1.29, 1.82) is 0 Å². The number of hydrogen-bond donors (Lipinski definition) is 2. The highest BCUT2D eigenvalue weighted by molar-refractivity contribution is 5.96. The highest BCUT2D eigenvalue weighted by Crippen LogP contribution is 2.45. The Morgan fingerprint density at radius 3 is 2.85 bits per heavy atom. The third-order valence-corrected chi connectivity index (χ3v) is 5.85. The maximum atomic E-state index is 13.3. The Hall–Kier alpha value is -1.79. The van der Waals surface area contributed by atoms with Gasteiger partial charge >= 0.3 is 0 Å². The fraction of sp³-hybridized carbons (Fsp3) is 0.600. The third-order valence-electron chi connectivity index (χ3n) is 5.85. The molecule has 27 heavy (non-hydrogen) atoms. The number of hydrogen-bond acceptors (Lipinski definition) is 4. The lowest BCUT2D eigenvalue weighted by atomic mass is 9.67. The van der Waals surface area contributed by atoms with Crippen LogP contribution in [0.4, 0.5) is 5.69 Å². The van der Waals surface area contributed by atoms with E-state index < -0.39 is 0 Å². The topological polar surface area (TPSA) is 70.7 Å². The van der Waals surface area contributed by atoms with Crippen LogP contribution in [0, 0.1) is 11.3 Å². The molecule has 0 spiro atoms. The van der Waals surface area contributed by atoms with Gasteiger partial charge in [0.05, 0.1) is 24.8 Å². The summed E-state index contributed by atoms with van der Waals surface area (Å²) in [5, 5.41) is 6.28. The van der Waals surface area contributed by atoms with Gasteiger partial charge in [-0.3, -0.25) is 9.59 Å². The van der Waals surface area contributed by atoms with Crippen LogP contribution < -0.4 is 15.4 Å². The van der Waals surface area contributed by atoms with E-state index in [0.717, 1.165) is 32.4 Å². The molecule has 1 aliphatic heterocycles. The largest absolute Gasteiger partial charge is 0.495 e. The van der Waals surface area contributed by atoms with Crippen LogP contribution in [-0.2, 0) is 9.59 Å². The zero-order valence-electron chi connectivity index (χ0n) is 16.1. The van der Waals surface area contributed by atoms with Crippen LogP contribution in [0.25, 0.3) is 0 Å². The molecule has 0 unspecified atom stereocenters. The minimum atomic E-state index is -0.320. The summed E-state index contributed by atoms with van der Waals surface area (Å²) < 4.78 is 5.27. The third kappa shape index (κ3) is 4.38. The van der Waals surface area contributed by atoms with Crippen molar-refractivity contribution < 1.29 is 14.3 Å². The number of nitrogens with one attached hydrogen (secondary N) is 2. The molecule has 1 aromatic carbocycles. The fourth-order valence-corrected chi connectivity index (χ4v) is 4.42. The summed E-state index contributed by atoms with van der Waals surface area (Å²) in [7, 11) is 1.57. The van der Waals surface area contributed by atoms with Gasteiger partial charge in [-0.15, -0.1) is 12.4 Å². The molecule has 0 bridgehead atoms. The molecular formula is C20H30ClN3O3. The molecule has 1 aliphatic carbocycles. The number of anilines is 1. The first kappa shape index (κ1) is 21.5. The van der Waals surface area contributed by atoms with Crippen LogP contribution in [0.5, 0.6) is 5.75 Å². The van der Waals surface area contributed by atoms with Gasteiger partial charge in [0.2, 0.25) is 11.8 Å². The maximum Gasteiger partial charge on any atom is 0.244 e. The molecule has 150 valence electrons. The molecule has 2 N–H and O–H groups in total. The van der Waals surface area contributed by atoms with Crippen LogP contribution in [0.3, 0.4) is 0 Å². The zero-order chi connectivity index (χ0) is 18.6. The van der Waals surface area contributed by atoms with Gasteiger partial charge in [-0.1, -0.05) is 25.0 Å². The highest BCUT2D eigenvalue weighted by atomic mass is 35.5. The summed E-state index contributed by atoms with van der Waals surface area (Å²) >= 11 is 0. The zero-order valence-corrected chi connectivity index (χ0v) is 16.9. The van der Waals surface area contributed by atoms with Gasteiger partial charge in [0.25, 0.3) is 0 Å². The van der Waals surface area contributed by atoms with Crippen molar-refractivity contribution in [3.8, 4) is 5.75 Å². The monoisotopic (exact) mass is 395 g/mol. The number of nitrogens with zero attached hydrogens (tertiary/aromatic N) is 1. The SMILES string of the molecule is CCN(CC(=O)Nc1ccccc1OC)C(=O)[C@@]12CCCC[C@H]1CNC2.Cl. The van der Waals surface area contributed by atoms with Gasteiger partial charge in [0, 0.05) is 13.1 Å². The highest BCUT2D eigenvalue weighted by Gasteiger charge is 2.51. The van der Waals surface area contributed by atoms with E-state index in [1.54, 1.807) is 24.1 Å². The molecule has 0 radical (unpaired) electrons. The quantitative estimate of drug-likeness (QED) is 0.776. The number of benzene rings is 1. The standard InChI is InChI=1S/C20H29N3O3.ClH/c1-3-23(13-18(24)22-16-9-4-5-10-17(16)26-2)19(25)20-11-7-6-8-15(20)12-21-14-20;/h4-5,9-10,15,21H,3,6-8,11-14H2,1-2H3,(H,22,24);1H/t15-,20+;/m0./s1. The van der Waals surface area contributed by atoms with Crippen LogP contribution in [0.1, 0.15) is 32.6 Å². The lowest BCUT2D eigenvalue weighted by Crippen LogP contribution is -2.51. The van der Waals surface area contributed by atoms with Crippen LogP contribution in [0.15, 0.2) is 24.3 Å². The molecule has 3 rings (SSSR count). The average molecular weight is 396 g/mol. The predicted octanol–water partition coefficient (Wildman–Crippen LogP) is 2.68. The Balaban J connectivity index is 0.00000261. The number of para-hydroxylation sites is 2. The van der Waals surface area contributed by atoms with Gasteiger partial charge in [-0.05, 0) is 44.4 Å². The first-order valence-electron chi connectivity index (χ1n) is 9.53. The first-order valence-corrected chi connectivity index (χ1v) is 9.53. The molecule has 2 atom stereocenters. The molecule has 1 saturated carbocycles. The van der Waals surface area contributed by atoms with Crippen LogP contribution >= 0.6 is 12.4 Å². The number of fused-ring (bicyclic) bond motifs is 1. The molecule has 1 heterocycles. The molecular weight excluding hydrogens is 366 g/mol. The first-order chi connectivity index (χ1) is 12.6. The predicted molar refractivity (Wildman–Crippen MR) is 108 cm³/mol. The smallest absolute Gasteiger partial charge is 0.244 e. The summed E-state index contributed by atoms with van der Waals surface area (Å²) in [4.78, 5) is 27.6.